The van der Waals surface area contributed by atoms with Gasteiger partial charge in [-0.1, -0.05) is 27.7 Å². The van der Waals surface area contributed by atoms with Gasteiger partial charge in [-0.2, -0.15) is 8.42 Å². The van der Waals surface area contributed by atoms with Crippen molar-refractivity contribution in [3.8, 4) is 0 Å². The molecular weight excluding hydrogens is 252 g/mol. The fourth-order valence-corrected chi connectivity index (χ4v) is 6.94. The molecule has 0 amide bonds. The minimum Gasteiger partial charge on any atom is -0.367 e. The molecule has 3 saturated heterocycles. The Morgan fingerprint density at radius 1 is 1.17 bits per heavy atom. The van der Waals surface area contributed by atoms with E-state index < -0.39 is 15.4 Å². The van der Waals surface area contributed by atoms with E-state index in [1.165, 1.54) is 0 Å². The van der Waals surface area contributed by atoms with Gasteiger partial charge in [-0.15, -0.1) is 0 Å². The van der Waals surface area contributed by atoms with Gasteiger partial charge < -0.3 is 4.74 Å². The van der Waals surface area contributed by atoms with Crippen molar-refractivity contribution in [1.82, 2.24) is 0 Å². The third kappa shape index (κ3) is 1.12. The first-order valence-electron chi connectivity index (χ1n) is 6.77. The van der Waals surface area contributed by atoms with E-state index in [9.17, 15) is 8.42 Å². The van der Waals surface area contributed by atoms with Crippen LogP contribution in [-0.2, 0) is 19.0 Å². The molecule has 0 spiro atoms. The summed E-state index contributed by atoms with van der Waals surface area (Å²) in [7, 11) is -3.43. The summed E-state index contributed by atoms with van der Waals surface area (Å²) in [6.07, 6.45) is 0.0170. The van der Waals surface area contributed by atoms with Gasteiger partial charge in [0.1, 0.15) is 17.5 Å². The SMILES string of the molecule is CC(C)C1(C(C)C)C2OS(=O)(=O)C3CC1(C)OC23. The van der Waals surface area contributed by atoms with E-state index in [2.05, 4.69) is 34.6 Å². The van der Waals surface area contributed by atoms with Gasteiger partial charge in [0.05, 0.1) is 5.60 Å². The minimum atomic E-state index is -3.43. The summed E-state index contributed by atoms with van der Waals surface area (Å²) >= 11 is 0. The molecule has 0 aromatic heterocycles. The molecule has 3 aliphatic heterocycles. The highest BCUT2D eigenvalue weighted by atomic mass is 32.2. The smallest absolute Gasteiger partial charge is 0.273 e. The average molecular weight is 274 g/mol. The van der Waals surface area contributed by atoms with Crippen LogP contribution in [0.15, 0.2) is 0 Å². The van der Waals surface area contributed by atoms with E-state index >= 15 is 0 Å². The van der Waals surface area contributed by atoms with E-state index in [1.807, 2.05) is 0 Å². The second-order valence-corrected chi connectivity index (χ2v) is 8.59. The van der Waals surface area contributed by atoms with Crippen molar-refractivity contribution in [3.05, 3.63) is 0 Å². The van der Waals surface area contributed by atoms with Crippen molar-refractivity contribution in [1.29, 1.82) is 0 Å². The Kier molecular flexibility index (Phi) is 2.36. The van der Waals surface area contributed by atoms with Gasteiger partial charge in [-0.3, -0.25) is 4.18 Å². The van der Waals surface area contributed by atoms with Crippen LogP contribution in [0.1, 0.15) is 41.0 Å². The molecule has 4 nitrogen and oxygen atoms in total. The van der Waals surface area contributed by atoms with Crippen LogP contribution in [0, 0.1) is 17.3 Å². The second-order valence-electron chi connectivity index (χ2n) is 6.81. The van der Waals surface area contributed by atoms with Crippen LogP contribution < -0.4 is 0 Å². The average Bonchev–Trinajstić information content (AvgIpc) is 2.70. The molecule has 3 heterocycles. The van der Waals surface area contributed by atoms with E-state index in [4.69, 9.17) is 8.92 Å². The van der Waals surface area contributed by atoms with Crippen LogP contribution in [0.4, 0.5) is 0 Å². The van der Waals surface area contributed by atoms with Gasteiger partial charge in [0.2, 0.25) is 0 Å². The number of ether oxygens (including phenoxy) is 1. The Morgan fingerprint density at radius 3 is 2.22 bits per heavy atom. The first-order chi connectivity index (χ1) is 8.17. The molecule has 0 saturated carbocycles. The molecule has 3 aliphatic rings. The zero-order valence-electron chi connectivity index (χ0n) is 11.6. The lowest BCUT2D eigenvalue weighted by Gasteiger charge is -2.50. The Labute approximate surface area is 109 Å². The quantitative estimate of drug-likeness (QED) is 0.722. The summed E-state index contributed by atoms with van der Waals surface area (Å²) in [5.74, 6) is 0.651. The molecule has 5 heteroatoms. The van der Waals surface area contributed by atoms with Gasteiger partial charge in [0, 0.05) is 5.41 Å². The predicted octanol–water partition coefficient (Wildman–Crippen LogP) is 1.94. The topological polar surface area (TPSA) is 52.6 Å². The highest BCUT2D eigenvalue weighted by Crippen LogP contribution is 2.67. The molecule has 4 atom stereocenters. The molecule has 18 heavy (non-hydrogen) atoms. The Hall–Kier alpha value is -0.130. The Bertz CT molecular complexity index is 473. The number of hydrogen-bond donors (Lipinski definition) is 0. The molecular formula is C13H22O4S. The van der Waals surface area contributed by atoms with Crippen LogP contribution in [-0.4, -0.2) is 31.5 Å². The Balaban J connectivity index is 2.19. The zero-order valence-corrected chi connectivity index (χ0v) is 12.5. The fourth-order valence-electron chi connectivity index (χ4n) is 5.19. The molecule has 4 unspecified atom stereocenters. The summed E-state index contributed by atoms with van der Waals surface area (Å²) in [6.45, 7) is 10.7. The maximum Gasteiger partial charge on any atom is 0.273 e. The molecule has 104 valence electrons. The lowest BCUT2D eigenvalue weighted by molar-refractivity contribution is -0.0971. The summed E-state index contributed by atoms with van der Waals surface area (Å²) in [5, 5.41) is -0.446. The van der Waals surface area contributed by atoms with Crippen LogP contribution in [0.2, 0.25) is 0 Å². The van der Waals surface area contributed by atoms with Gasteiger partial charge >= 0.3 is 0 Å². The highest BCUT2D eigenvalue weighted by Gasteiger charge is 2.78. The molecule has 2 bridgehead atoms. The minimum absolute atomic E-state index is 0.211. The maximum absolute atomic E-state index is 12.1. The van der Waals surface area contributed by atoms with E-state index in [1.54, 1.807) is 0 Å². The summed E-state index contributed by atoms with van der Waals surface area (Å²) in [4.78, 5) is 0. The molecule has 3 rings (SSSR count). The van der Waals surface area contributed by atoms with Gasteiger partial charge in [0.25, 0.3) is 10.1 Å². The maximum atomic E-state index is 12.1. The molecule has 0 aliphatic carbocycles. The van der Waals surface area contributed by atoms with Gasteiger partial charge in [-0.05, 0) is 25.2 Å². The third-order valence-electron chi connectivity index (χ3n) is 5.56. The van der Waals surface area contributed by atoms with Crippen molar-refractivity contribution < 1.29 is 17.3 Å². The first-order valence-corrected chi connectivity index (χ1v) is 8.24. The number of rotatable bonds is 2. The standard InChI is InChI=1S/C13H22O4S/c1-7(2)13(8(3)4)11-10-9(18(14,15)17-11)6-12(13,5)16-10/h7-11H,6H2,1-5H3. The largest absolute Gasteiger partial charge is 0.367 e. The third-order valence-corrected chi connectivity index (χ3v) is 7.21. The van der Waals surface area contributed by atoms with Crippen LogP contribution in [0.25, 0.3) is 0 Å². The molecule has 3 fully saturated rings. The van der Waals surface area contributed by atoms with E-state index in [0.717, 1.165) is 0 Å². The fraction of sp³-hybridized carbons (Fsp3) is 1.00. The van der Waals surface area contributed by atoms with Crippen molar-refractivity contribution >= 4 is 10.1 Å². The molecule has 0 aromatic rings. The first kappa shape index (κ1) is 12.9. The van der Waals surface area contributed by atoms with Crippen molar-refractivity contribution in [2.75, 3.05) is 0 Å². The Morgan fingerprint density at radius 2 is 1.72 bits per heavy atom. The predicted molar refractivity (Wildman–Crippen MR) is 67.6 cm³/mol. The number of hydrogen-bond acceptors (Lipinski definition) is 4. The monoisotopic (exact) mass is 274 g/mol. The van der Waals surface area contributed by atoms with Crippen molar-refractivity contribution in [2.24, 2.45) is 17.3 Å². The summed E-state index contributed by atoms with van der Waals surface area (Å²) in [5.41, 5.74) is -0.587. The van der Waals surface area contributed by atoms with Gasteiger partial charge in [0.15, 0.2) is 0 Å². The second kappa shape index (κ2) is 3.30. The van der Waals surface area contributed by atoms with E-state index in [-0.39, 0.29) is 23.2 Å². The van der Waals surface area contributed by atoms with Crippen molar-refractivity contribution in [3.63, 3.8) is 0 Å². The molecule has 0 N–H and O–H groups in total. The van der Waals surface area contributed by atoms with Crippen LogP contribution >= 0.6 is 0 Å². The zero-order chi connectivity index (χ0) is 13.5. The van der Waals surface area contributed by atoms with Crippen LogP contribution in [0.3, 0.4) is 0 Å². The lowest BCUT2D eigenvalue weighted by Crippen LogP contribution is -2.57. The lowest BCUT2D eigenvalue weighted by atomic mass is 9.54. The van der Waals surface area contributed by atoms with E-state index in [0.29, 0.717) is 18.3 Å². The molecule has 0 aromatic carbocycles. The summed E-state index contributed by atoms with van der Waals surface area (Å²) < 4.78 is 35.7. The number of fused-ring (bicyclic) bond motifs is 1. The molecule has 0 radical (unpaired) electrons. The van der Waals surface area contributed by atoms with Gasteiger partial charge in [-0.25, -0.2) is 0 Å². The summed E-state index contributed by atoms with van der Waals surface area (Å²) in [6, 6.07) is 0. The normalized spacial score (nSPS) is 47.4. The van der Waals surface area contributed by atoms with Crippen LogP contribution in [0.5, 0.6) is 0 Å². The highest BCUT2D eigenvalue weighted by molar-refractivity contribution is 7.87. The van der Waals surface area contributed by atoms with Crippen molar-refractivity contribution in [2.45, 2.75) is 64.1 Å².